The number of hydrogen-bond donors (Lipinski definition) is 0. The van der Waals surface area contributed by atoms with E-state index in [1.54, 1.807) is 4.31 Å². The first-order chi connectivity index (χ1) is 5.97. The first kappa shape index (κ1) is 11.5. The third-order valence-electron chi connectivity index (χ3n) is 2.57. The molecule has 1 heterocycles. The van der Waals surface area contributed by atoms with E-state index in [0.717, 1.165) is 12.8 Å². The fourth-order valence-corrected chi connectivity index (χ4v) is 3.79. The SMILES string of the molecule is CC1CCN(S(=O)(=O)CBr)C(C)C1. The smallest absolute Gasteiger partial charge is 0.211 e. The first-order valence-electron chi connectivity index (χ1n) is 4.53. The summed E-state index contributed by atoms with van der Waals surface area (Å²) in [6.45, 7) is 4.83. The van der Waals surface area contributed by atoms with E-state index < -0.39 is 10.0 Å². The summed E-state index contributed by atoms with van der Waals surface area (Å²) in [5.74, 6) is 0.650. The highest BCUT2D eigenvalue weighted by Crippen LogP contribution is 2.25. The maximum Gasteiger partial charge on any atom is 0.224 e. The summed E-state index contributed by atoms with van der Waals surface area (Å²) in [5, 5.41) is 0. The highest BCUT2D eigenvalue weighted by atomic mass is 79.9. The maximum atomic E-state index is 11.6. The van der Waals surface area contributed by atoms with Crippen LogP contribution in [-0.2, 0) is 10.0 Å². The van der Waals surface area contributed by atoms with Gasteiger partial charge in [0.05, 0.1) is 0 Å². The van der Waals surface area contributed by atoms with Crippen molar-refractivity contribution in [1.29, 1.82) is 0 Å². The van der Waals surface area contributed by atoms with Crippen LogP contribution in [0.5, 0.6) is 0 Å². The molecule has 0 bridgehead atoms. The standard InChI is InChI=1S/C8H16BrNO2S/c1-7-3-4-10(8(2)5-7)13(11,12)6-9/h7-8H,3-6H2,1-2H3. The summed E-state index contributed by atoms with van der Waals surface area (Å²) >= 11 is 3.02. The molecule has 0 saturated carbocycles. The van der Waals surface area contributed by atoms with Gasteiger partial charge < -0.3 is 0 Å². The first-order valence-corrected chi connectivity index (χ1v) is 7.26. The number of halogens is 1. The van der Waals surface area contributed by atoms with Crippen molar-refractivity contribution < 1.29 is 8.42 Å². The van der Waals surface area contributed by atoms with Crippen molar-refractivity contribution in [3.8, 4) is 0 Å². The third-order valence-corrected chi connectivity index (χ3v) is 5.84. The lowest BCUT2D eigenvalue weighted by atomic mass is 9.95. The van der Waals surface area contributed by atoms with Gasteiger partial charge in [-0.2, -0.15) is 4.31 Å². The minimum atomic E-state index is -3.04. The number of sulfonamides is 1. The van der Waals surface area contributed by atoms with Gasteiger partial charge in [0.15, 0.2) is 0 Å². The summed E-state index contributed by atoms with van der Waals surface area (Å²) in [4.78, 5) is 0. The molecule has 1 fully saturated rings. The van der Waals surface area contributed by atoms with E-state index in [0.29, 0.717) is 12.5 Å². The molecule has 1 saturated heterocycles. The molecule has 2 unspecified atom stereocenters. The Labute approximate surface area is 88.7 Å². The summed E-state index contributed by atoms with van der Waals surface area (Å²) in [7, 11) is -3.04. The summed E-state index contributed by atoms with van der Waals surface area (Å²) in [6, 6.07) is 0.159. The van der Waals surface area contributed by atoms with Gasteiger partial charge >= 0.3 is 0 Å². The van der Waals surface area contributed by atoms with E-state index in [9.17, 15) is 8.42 Å². The molecule has 13 heavy (non-hydrogen) atoms. The van der Waals surface area contributed by atoms with Gasteiger partial charge in [0.25, 0.3) is 0 Å². The monoisotopic (exact) mass is 269 g/mol. The van der Waals surface area contributed by atoms with Gasteiger partial charge in [-0.15, -0.1) is 0 Å². The highest BCUT2D eigenvalue weighted by Gasteiger charge is 2.30. The molecule has 78 valence electrons. The molecule has 0 aliphatic carbocycles. The Bertz CT molecular complexity index is 265. The fraction of sp³-hybridized carbons (Fsp3) is 1.00. The molecular weight excluding hydrogens is 254 g/mol. The maximum absolute atomic E-state index is 11.6. The van der Waals surface area contributed by atoms with Gasteiger partial charge in [0.2, 0.25) is 10.0 Å². The molecule has 1 rings (SSSR count). The molecule has 5 heteroatoms. The molecular formula is C8H16BrNO2S. The Morgan fingerprint density at radius 2 is 2.08 bits per heavy atom. The Morgan fingerprint density at radius 3 is 2.54 bits per heavy atom. The largest absolute Gasteiger partial charge is 0.224 e. The molecule has 1 aliphatic heterocycles. The van der Waals surface area contributed by atoms with Gasteiger partial charge in [-0.25, -0.2) is 8.42 Å². The van der Waals surface area contributed by atoms with E-state index in [1.807, 2.05) is 6.92 Å². The topological polar surface area (TPSA) is 37.4 Å². The zero-order valence-electron chi connectivity index (χ0n) is 8.03. The molecule has 0 spiro atoms. The fourth-order valence-electron chi connectivity index (χ4n) is 1.86. The number of alkyl halides is 1. The van der Waals surface area contributed by atoms with Gasteiger partial charge in [-0.3, -0.25) is 0 Å². The number of piperidine rings is 1. The second-order valence-electron chi connectivity index (χ2n) is 3.81. The lowest BCUT2D eigenvalue weighted by Crippen LogP contribution is -2.44. The van der Waals surface area contributed by atoms with Crippen LogP contribution in [0, 0.1) is 5.92 Å². The quantitative estimate of drug-likeness (QED) is 0.717. The van der Waals surface area contributed by atoms with Gasteiger partial charge in [0, 0.05) is 12.6 Å². The lowest BCUT2D eigenvalue weighted by Gasteiger charge is -2.34. The van der Waals surface area contributed by atoms with Crippen LogP contribution in [0.3, 0.4) is 0 Å². The minimum Gasteiger partial charge on any atom is -0.211 e. The van der Waals surface area contributed by atoms with Crippen LogP contribution in [-0.4, -0.2) is 30.0 Å². The normalized spacial score (nSPS) is 31.9. The lowest BCUT2D eigenvalue weighted by molar-refractivity contribution is 0.221. The molecule has 0 aromatic carbocycles. The van der Waals surface area contributed by atoms with Crippen LogP contribution in [0.25, 0.3) is 0 Å². The molecule has 0 aromatic heterocycles. The van der Waals surface area contributed by atoms with Crippen molar-refractivity contribution in [2.45, 2.75) is 32.7 Å². The molecule has 0 radical (unpaired) electrons. The van der Waals surface area contributed by atoms with Gasteiger partial charge in [-0.05, 0) is 25.7 Å². The van der Waals surface area contributed by atoms with Crippen molar-refractivity contribution in [3.05, 3.63) is 0 Å². The Balaban J connectivity index is 2.72. The molecule has 0 amide bonds. The van der Waals surface area contributed by atoms with E-state index in [4.69, 9.17) is 0 Å². The van der Waals surface area contributed by atoms with E-state index in [-0.39, 0.29) is 10.7 Å². The molecule has 3 nitrogen and oxygen atoms in total. The van der Waals surface area contributed by atoms with E-state index >= 15 is 0 Å². The van der Waals surface area contributed by atoms with Crippen LogP contribution in [0.4, 0.5) is 0 Å². The predicted molar refractivity (Wildman–Crippen MR) is 57.3 cm³/mol. The van der Waals surface area contributed by atoms with Crippen molar-refractivity contribution in [1.82, 2.24) is 4.31 Å². The average Bonchev–Trinajstić information content (AvgIpc) is 2.03. The average molecular weight is 270 g/mol. The van der Waals surface area contributed by atoms with Gasteiger partial charge in [-0.1, -0.05) is 22.9 Å². The van der Waals surface area contributed by atoms with Crippen LogP contribution < -0.4 is 0 Å². The van der Waals surface area contributed by atoms with Gasteiger partial charge in [0.1, 0.15) is 4.66 Å². The van der Waals surface area contributed by atoms with Crippen LogP contribution in [0.15, 0.2) is 0 Å². The van der Waals surface area contributed by atoms with Crippen molar-refractivity contribution in [3.63, 3.8) is 0 Å². The van der Waals surface area contributed by atoms with Crippen molar-refractivity contribution in [2.24, 2.45) is 5.92 Å². The minimum absolute atomic E-state index is 0.0404. The van der Waals surface area contributed by atoms with E-state index in [1.165, 1.54) is 0 Å². The van der Waals surface area contributed by atoms with E-state index in [2.05, 4.69) is 22.9 Å². The Hall–Kier alpha value is 0.390. The molecule has 1 aliphatic rings. The van der Waals surface area contributed by atoms with Crippen molar-refractivity contribution >= 4 is 26.0 Å². The summed E-state index contributed by atoms with van der Waals surface area (Å²) in [5.41, 5.74) is 0. The second kappa shape index (κ2) is 4.28. The van der Waals surface area contributed by atoms with Crippen LogP contribution in [0.1, 0.15) is 26.7 Å². The summed E-state index contributed by atoms with van der Waals surface area (Å²) < 4.78 is 24.8. The number of hydrogen-bond acceptors (Lipinski definition) is 2. The predicted octanol–water partition coefficient (Wildman–Crippen LogP) is 1.79. The number of nitrogens with zero attached hydrogens (tertiary/aromatic N) is 1. The number of rotatable bonds is 2. The molecule has 0 N–H and O–H groups in total. The zero-order valence-corrected chi connectivity index (χ0v) is 10.4. The Morgan fingerprint density at radius 1 is 1.46 bits per heavy atom. The molecule has 2 atom stereocenters. The van der Waals surface area contributed by atoms with Crippen LogP contribution in [0.2, 0.25) is 0 Å². The molecule has 0 aromatic rings. The van der Waals surface area contributed by atoms with Crippen molar-refractivity contribution in [2.75, 3.05) is 11.2 Å². The van der Waals surface area contributed by atoms with Crippen LogP contribution >= 0.6 is 15.9 Å². The highest BCUT2D eigenvalue weighted by molar-refractivity contribution is 9.10. The Kier molecular flexibility index (Phi) is 3.77. The summed E-state index contributed by atoms with van der Waals surface area (Å²) in [6.07, 6.45) is 1.96. The zero-order chi connectivity index (χ0) is 10.1. The second-order valence-corrected chi connectivity index (χ2v) is 7.03. The third kappa shape index (κ3) is 2.67.